The second-order valence-corrected chi connectivity index (χ2v) is 5.70. The van der Waals surface area contributed by atoms with Crippen molar-refractivity contribution in [3.63, 3.8) is 0 Å². The summed E-state index contributed by atoms with van der Waals surface area (Å²) < 4.78 is 5.10. The molecular weight excluding hydrogens is 224 g/mol. The Bertz CT molecular complexity index is 342. The molecule has 0 saturated heterocycles. The number of thiazole rings is 1. The summed E-state index contributed by atoms with van der Waals surface area (Å²) in [6, 6.07) is 0. The first-order valence-corrected chi connectivity index (χ1v) is 6.01. The van der Waals surface area contributed by atoms with Gasteiger partial charge in [0.15, 0.2) is 0 Å². The molecule has 0 bridgehead atoms. The Morgan fingerprint density at radius 1 is 1.44 bits per heavy atom. The number of methoxy groups -OCH3 is 1. The Kier molecular flexibility index (Phi) is 4.43. The van der Waals surface area contributed by atoms with Crippen LogP contribution < -0.4 is 0 Å². The van der Waals surface area contributed by atoms with Crippen molar-refractivity contribution in [2.45, 2.75) is 32.6 Å². The van der Waals surface area contributed by atoms with Crippen molar-refractivity contribution in [3.05, 3.63) is 15.6 Å². The predicted octanol–water partition coefficient (Wildman–Crippen LogP) is 1.58. The van der Waals surface area contributed by atoms with Gasteiger partial charge in [-0.3, -0.25) is 0 Å². The average Bonchev–Trinajstić information content (AvgIpc) is 2.46. The minimum atomic E-state index is -0.851. The van der Waals surface area contributed by atoms with Crippen molar-refractivity contribution >= 4 is 11.3 Å². The number of aliphatic hydroxyl groups is 1. The summed E-state index contributed by atoms with van der Waals surface area (Å²) in [6.07, 6.45) is 0. The van der Waals surface area contributed by atoms with Gasteiger partial charge in [-0.15, -0.1) is 11.3 Å². The van der Waals surface area contributed by atoms with Crippen LogP contribution in [0, 0.1) is 0 Å². The van der Waals surface area contributed by atoms with E-state index in [2.05, 4.69) is 9.88 Å². The Balaban J connectivity index is 3.00. The summed E-state index contributed by atoms with van der Waals surface area (Å²) in [6.45, 7) is 4.79. The zero-order valence-corrected chi connectivity index (χ0v) is 11.4. The molecule has 0 aliphatic heterocycles. The van der Waals surface area contributed by atoms with Gasteiger partial charge in [0.05, 0.1) is 22.8 Å². The first-order valence-electron chi connectivity index (χ1n) is 5.19. The van der Waals surface area contributed by atoms with Gasteiger partial charge in [0.2, 0.25) is 0 Å². The number of rotatable bonds is 5. The molecule has 0 unspecified atom stereocenters. The molecule has 92 valence electrons. The summed E-state index contributed by atoms with van der Waals surface area (Å²) in [7, 11) is 5.64. The van der Waals surface area contributed by atoms with Crippen molar-refractivity contribution in [2.24, 2.45) is 0 Å². The molecule has 1 aromatic rings. The Labute approximate surface area is 101 Å². The topological polar surface area (TPSA) is 45.6 Å². The molecular formula is C11H20N2O2S. The normalized spacial score (nSPS) is 12.4. The summed E-state index contributed by atoms with van der Waals surface area (Å²) >= 11 is 1.55. The second-order valence-electron chi connectivity index (χ2n) is 4.61. The van der Waals surface area contributed by atoms with Crippen LogP contribution in [0.25, 0.3) is 0 Å². The second kappa shape index (κ2) is 5.23. The maximum atomic E-state index is 10.0. The number of aromatic nitrogens is 1. The third-order valence-electron chi connectivity index (χ3n) is 2.03. The highest BCUT2D eigenvalue weighted by atomic mass is 32.1. The van der Waals surface area contributed by atoms with Crippen LogP contribution in [0.4, 0.5) is 0 Å². The van der Waals surface area contributed by atoms with E-state index < -0.39 is 5.60 Å². The van der Waals surface area contributed by atoms with Gasteiger partial charge in [0.25, 0.3) is 0 Å². The summed E-state index contributed by atoms with van der Waals surface area (Å²) in [5.74, 6) is 0. The molecule has 0 atom stereocenters. The SMILES string of the molecule is COCc1nc(CN(C)C)sc1C(C)(C)O. The van der Waals surface area contributed by atoms with Crippen LogP contribution in [-0.4, -0.2) is 36.2 Å². The van der Waals surface area contributed by atoms with E-state index in [1.165, 1.54) is 0 Å². The van der Waals surface area contributed by atoms with Crippen molar-refractivity contribution in [1.29, 1.82) is 0 Å². The molecule has 0 amide bonds. The number of hydrogen-bond donors (Lipinski definition) is 1. The van der Waals surface area contributed by atoms with E-state index in [1.54, 1.807) is 32.3 Å². The molecule has 1 rings (SSSR count). The van der Waals surface area contributed by atoms with Crippen LogP contribution in [0.2, 0.25) is 0 Å². The van der Waals surface area contributed by atoms with Crippen LogP contribution in [0.3, 0.4) is 0 Å². The van der Waals surface area contributed by atoms with Crippen LogP contribution in [-0.2, 0) is 23.5 Å². The standard InChI is InChI=1S/C11H20N2O2S/c1-11(2,14)10-8(7-15-5)12-9(16-10)6-13(3)4/h14H,6-7H2,1-5H3. The van der Waals surface area contributed by atoms with Crippen molar-refractivity contribution in [1.82, 2.24) is 9.88 Å². The lowest BCUT2D eigenvalue weighted by Crippen LogP contribution is -2.16. The van der Waals surface area contributed by atoms with Crippen molar-refractivity contribution in [2.75, 3.05) is 21.2 Å². The zero-order valence-electron chi connectivity index (χ0n) is 10.6. The molecule has 0 aliphatic carbocycles. The van der Waals surface area contributed by atoms with E-state index >= 15 is 0 Å². The summed E-state index contributed by atoms with van der Waals surface area (Å²) in [5.41, 5.74) is -0.00679. The number of nitrogens with zero attached hydrogens (tertiary/aromatic N) is 2. The molecule has 0 aromatic carbocycles. The van der Waals surface area contributed by atoms with E-state index in [1.807, 2.05) is 14.1 Å². The quantitative estimate of drug-likeness (QED) is 0.854. The van der Waals surface area contributed by atoms with Gasteiger partial charge < -0.3 is 14.7 Å². The maximum absolute atomic E-state index is 10.0. The van der Waals surface area contributed by atoms with Gasteiger partial charge in [0.1, 0.15) is 5.01 Å². The van der Waals surface area contributed by atoms with E-state index in [9.17, 15) is 5.11 Å². The minimum absolute atomic E-state index is 0.448. The summed E-state index contributed by atoms with van der Waals surface area (Å²) in [4.78, 5) is 7.45. The highest BCUT2D eigenvalue weighted by molar-refractivity contribution is 7.11. The van der Waals surface area contributed by atoms with Gasteiger partial charge in [-0.2, -0.15) is 0 Å². The van der Waals surface area contributed by atoms with Gasteiger partial charge in [0, 0.05) is 13.7 Å². The average molecular weight is 244 g/mol. The lowest BCUT2D eigenvalue weighted by molar-refractivity contribution is 0.0782. The third kappa shape index (κ3) is 3.52. The third-order valence-corrected chi connectivity index (χ3v) is 3.43. The lowest BCUT2D eigenvalue weighted by Gasteiger charge is -2.16. The molecule has 0 aliphatic rings. The Morgan fingerprint density at radius 2 is 2.06 bits per heavy atom. The smallest absolute Gasteiger partial charge is 0.107 e. The van der Waals surface area contributed by atoms with Crippen LogP contribution in [0.1, 0.15) is 29.4 Å². The Morgan fingerprint density at radius 3 is 2.50 bits per heavy atom. The van der Waals surface area contributed by atoms with Crippen LogP contribution in [0.15, 0.2) is 0 Å². The monoisotopic (exact) mass is 244 g/mol. The Hall–Kier alpha value is -0.490. The van der Waals surface area contributed by atoms with E-state index in [0.717, 1.165) is 22.1 Å². The highest BCUT2D eigenvalue weighted by Gasteiger charge is 2.24. The largest absolute Gasteiger partial charge is 0.385 e. The van der Waals surface area contributed by atoms with Gasteiger partial charge in [-0.05, 0) is 27.9 Å². The minimum Gasteiger partial charge on any atom is -0.385 e. The molecule has 0 saturated carbocycles. The predicted molar refractivity (Wildman–Crippen MR) is 65.5 cm³/mol. The van der Waals surface area contributed by atoms with Crippen LogP contribution in [0.5, 0.6) is 0 Å². The van der Waals surface area contributed by atoms with E-state index in [4.69, 9.17) is 4.74 Å². The number of hydrogen-bond acceptors (Lipinski definition) is 5. The molecule has 1 heterocycles. The molecule has 0 radical (unpaired) electrons. The molecule has 4 nitrogen and oxygen atoms in total. The zero-order chi connectivity index (χ0) is 12.3. The lowest BCUT2D eigenvalue weighted by atomic mass is 10.1. The number of ether oxygens (including phenoxy) is 1. The van der Waals surface area contributed by atoms with Crippen molar-refractivity contribution < 1.29 is 9.84 Å². The van der Waals surface area contributed by atoms with Crippen LogP contribution >= 0.6 is 11.3 Å². The summed E-state index contributed by atoms with van der Waals surface area (Å²) in [5, 5.41) is 11.1. The van der Waals surface area contributed by atoms with E-state index in [0.29, 0.717) is 6.61 Å². The van der Waals surface area contributed by atoms with E-state index in [-0.39, 0.29) is 0 Å². The molecule has 0 fully saturated rings. The van der Waals surface area contributed by atoms with Gasteiger partial charge in [-0.1, -0.05) is 0 Å². The molecule has 1 N–H and O–H groups in total. The van der Waals surface area contributed by atoms with Gasteiger partial charge in [-0.25, -0.2) is 4.98 Å². The molecule has 16 heavy (non-hydrogen) atoms. The molecule has 0 spiro atoms. The van der Waals surface area contributed by atoms with Crippen molar-refractivity contribution in [3.8, 4) is 0 Å². The fourth-order valence-corrected chi connectivity index (χ4v) is 2.64. The maximum Gasteiger partial charge on any atom is 0.107 e. The first-order chi connectivity index (χ1) is 7.34. The highest BCUT2D eigenvalue weighted by Crippen LogP contribution is 2.30. The molecule has 1 aromatic heterocycles. The van der Waals surface area contributed by atoms with Gasteiger partial charge >= 0.3 is 0 Å². The molecule has 5 heteroatoms. The first kappa shape index (κ1) is 13.6. The fourth-order valence-electron chi connectivity index (χ4n) is 1.45. The fraction of sp³-hybridized carbons (Fsp3) is 0.727.